The zero-order valence-corrected chi connectivity index (χ0v) is 18.2. The number of thiophene rings is 1. The van der Waals surface area contributed by atoms with Gasteiger partial charge >= 0.3 is 0 Å². The first-order valence-corrected chi connectivity index (χ1v) is 10.9. The van der Waals surface area contributed by atoms with Crippen LogP contribution in [0.3, 0.4) is 0 Å². The third-order valence-corrected chi connectivity index (χ3v) is 5.61. The maximum absolute atomic E-state index is 12.1. The summed E-state index contributed by atoms with van der Waals surface area (Å²) in [4.78, 5) is 24.9. The SMILES string of the molecule is CC(=NNC(=O)COc1ccc2ccccc2c1)c1ccc(NC(=O)c2cccs2)cc1. The van der Waals surface area contributed by atoms with Crippen LogP contribution in [0.5, 0.6) is 5.75 Å². The summed E-state index contributed by atoms with van der Waals surface area (Å²) in [7, 11) is 0. The van der Waals surface area contributed by atoms with E-state index in [0.29, 0.717) is 22.0 Å². The Morgan fingerprint density at radius 2 is 1.72 bits per heavy atom. The second-order valence-electron chi connectivity index (χ2n) is 7.04. The summed E-state index contributed by atoms with van der Waals surface area (Å²) in [5.41, 5.74) is 4.66. The lowest BCUT2D eigenvalue weighted by Gasteiger charge is -2.08. The Kier molecular flexibility index (Phi) is 6.57. The first kappa shape index (κ1) is 21.3. The summed E-state index contributed by atoms with van der Waals surface area (Å²) < 4.78 is 5.58. The van der Waals surface area contributed by atoms with E-state index in [2.05, 4.69) is 15.8 Å². The molecule has 0 unspecified atom stereocenters. The number of nitrogens with zero attached hydrogens (tertiary/aromatic N) is 1. The molecule has 2 N–H and O–H groups in total. The molecule has 1 heterocycles. The van der Waals surface area contributed by atoms with Gasteiger partial charge in [0, 0.05) is 5.69 Å². The molecular weight excluding hydrogens is 422 g/mol. The molecule has 0 bridgehead atoms. The van der Waals surface area contributed by atoms with E-state index in [4.69, 9.17) is 4.74 Å². The van der Waals surface area contributed by atoms with E-state index >= 15 is 0 Å². The van der Waals surface area contributed by atoms with Crippen molar-refractivity contribution in [2.75, 3.05) is 11.9 Å². The van der Waals surface area contributed by atoms with Gasteiger partial charge in [-0.3, -0.25) is 9.59 Å². The van der Waals surface area contributed by atoms with Crippen LogP contribution >= 0.6 is 11.3 Å². The summed E-state index contributed by atoms with van der Waals surface area (Å²) >= 11 is 1.39. The first-order valence-electron chi connectivity index (χ1n) is 9.98. The Morgan fingerprint density at radius 3 is 2.47 bits per heavy atom. The highest BCUT2D eigenvalue weighted by molar-refractivity contribution is 7.12. The summed E-state index contributed by atoms with van der Waals surface area (Å²) in [5.74, 6) is 0.133. The average Bonchev–Trinajstić information content (AvgIpc) is 3.37. The number of amides is 2. The minimum Gasteiger partial charge on any atom is -0.484 e. The number of hydrogen-bond donors (Lipinski definition) is 2. The largest absolute Gasteiger partial charge is 0.484 e. The molecule has 1 aromatic heterocycles. The molecule has 160 valence electrons. The Morgan fingerprint density at radius 1 is 0.938 bits per heavy atom. The molecule has 32 heavy (non-hydrogen) atoms. The summed E-state index contributed by atoms with van der Waals surface area (Å²) in [6.07, 6.45) is 0. The first-order chi connectivity index (χ1) is 15.6. The molecule has 7 heteroatoms. The van der Waals surface area contributed by atoms with Gasteiger partial charge in [-0.1, -0.05) is 48.5 Å². The molecule has 0 fully saturated rings. The molecule has 0 aliphatic carbocycles. The molecule has 4 rings (SSSR count). The molecule has 6 nitrogen and oxygen atoms in total. The minimum absolute atomic E-state index is 0.136. The lowest BCUT2D eigenvalue weighted by Crippen LogP contribution is -2.25. The van der Waals surface area contributed by atoms with Gasteiger partial charge in [-0.2, -0.15) is 5.10 Å². The van der Waals surface area contributed by atoms with E-state index in [1.165, 1.54) is 11.3 Å². The van der Waals surface area contributed by atoms with Gasteiger partial charge in [-0.05, 0) is 59.0 Å². The Bertz CT molecular complexity index is 1270. The number of carbonyl (C=O) groups excluding carboxylic acids is 2. The maximum Gasteiger partial charge on any atom is 0.277 e. The van der Waals surface area contributed by atoms with Crippen LogP contribution in [0, 0.1) is 0 Å². The molecule has 0 aliphatic rings. The van der Waals surface area contributed by atoms with Crippen LogP contribution in [0.4, 0.5) is 5.69 Å². The summed E-state index contributed by atoms with van der Waals surface area (Å²) in [6, 6.07) is 24.5. The topological polar surface area (TPSA) is 79.8 Å². The highest BCUT2D eigenvalue weighted by Crippen LogP contribution is 2.20. The molecule has 2 amide bonds. The number of nitrogens with one attached hydrogen (secondary N) is 2. The zero-order valence-electron chi connectivity index (χ0n) is 17.4. The highest BCUT2D eigenvalue weighted by Gasteiger charge is 2.08. The normalized spacial score (nSPS) is 11.2. The van der Waals surface area contributed by atoms with Gasteiger partial charge in [-0.25, -0.2) is 5.43 Å². The molecule has 0 atom stereocenters. The van der Waals surface area contributed by atoms with Gasteiger partial charge in [0.05, 0.1) is 10.6 Å². The fourth-order valence-electron chi connectivity index (χ4n) is 3.04. The maximum atomic E-state index is 12.1. The van der Waals surface area contributed by atoms with Crippen molar-refractivity contribution in [3.05, 3.63) is 94.7 Å². The highest BCUT2D eigenvalue weighted by atomic mass is 32.1. The van der Waals surface area contributed by atoms with Crippen molar-refractivity contribution in [2.45, 2.75) is 6.92 Å². The summed E-state index contributed by atoms with van der Waals surface area (Å²) in [6.45, 7) is 1.66. The standard InChI is InChI=1S/C25H21N3O3S/c1-17(18-8-11-21(12-9-18)26-25(30)23-7-4-14-32-23)27-28-24(29)16-31-22-13-10-19-5-2-3-6-20(19)15-22/h2-15H,16H2,1H3,(H,26,30)(H,28,29). The van der Waals surface area contributed by atoms with Crippen molar-refractivity contribution in [1.29, 1.82) is 0 Å². The Balaban J connectivity index is 1.29. The molecule has 0 radical (unpaired) electrons. The van der Waals surface area contributed by atoms with E-state index in [-0.39, 0.29) is 18.4 Å². The zero-order chi connectivity index (χ0) is 22.3. The molecule has 0 saturated heterocycles. The van der Waals surface area contributed by atoms with Crippen LogP contribution in [0.2, 0.25) is 0 Å². The van der Waals surface area contributed by atoms with Crippen molar-refractivity contribution in [2.24, 2.45) is 5.10 Å². The number of rotatable bonds is 7. The minimum atomic E-state index is -0.350. The van der Waals surface area contributed by atoms with Crippen LogP contribution in [0.1, 0.15) is 22.2 Å². The van der Waals surface area contributed by atoms with Crippen LogP contribution in [0.15, 0.2) is 89.3 Å². The predicted octanol–water partition coefficient (Wildman–Crippen LogP) is 5.07. The van der Waals surface area contributed by atoms with Crippen LogP contribution in [-0.2, 0) is 4.79 Å². The number of anilines is 1. The number of carbonyl (C=O) groups is 2. The third-order valence-electron chi connectivity index (χ3n) is 4.74. The van der Waals surface area contributed by atoms with Gasteiger partial charge < -0.3 is 10.1 Å². The monoisotopic (exact) mass is 443 g/mol. The fourth-order valence-corrected chi connectivity index (χ4v) is 3.66. The van der Waals surface area contributed by atoms with E-state index in [0.717, 1.165) is 16.3 Å². The second kappa shape index (κ2) is 9.89. The number of ether oxygens (including phenoxy) is 1. The van der Waals surface area contributed by atoms with Crippen molar-refractivity contribution < 1.29 is 14.3 Å². The van der Waals surface area contributed by atoms with E-state index in [1.807, 2.05) is 66.0 Å². The van der Waals surface area contributed by atoms with Crippen molar-refractivity contribution in [1.82, 2.24) is 5.43 Å². The fraction of sp³-hybridized carbons (Fsp3) is 0.0800. The number of hydrogen-bond acceptors (Lipinski definition) is 5. The smallest absolute Gasteiger partial charge is 0.277 e. The number of benzene rings is 3. The average molecular weight is 444 g/mol. The molecule has 3 aromatic carbocycles. The summed E-state index contributed by atoms with van der Waals surface area (Å²) in [5, 5.41) is 11.0. The van der Waals surface area contributed by atoms with E-state index in [9.17, 15) is 9.59 Å². The van der Waals surface area contributed by atoms with Crippen molar-refractivity contribution in [3.8, 4) is 5.75 Å². The number of fused-ring (bicyclic) bond motifs is 1. The molecule has 4 aromatic rings. The quantitative estimate of drug-likeness (QED) is 0.309. The van der Waals surface area contributed by atoms with Crippen LogP contribution < -0.4 is 15.5 Å². The Labute approximate surface area is 189 Å². The lowest BCUT2D eigenvalue weighted by molar-refractivity contribution is -0.123. The van der Waals surface area contributed by atoms with E-state index in [1.54, 1.807) is 25.1 Å². The van der Waals surface area contributed by atoms with Gasteiger partial charge in [0.25, 0.3) is 11.8 Å². The van der Waals surface area contributed by atoms with Gasteiger partial charge in [0.15, 0.2) is 6.61 Å². The molecule has 0 spiro atoms. The second-order valence-corrected chi connectivity index (χ2v) is 7.99. The van der Waals surface area contributed by atoms with Crippen molar-refractivity contribution >= 4 is 45.3 Å². The van der Waals surface area contributed by atoms with Gasteiger partial charge in [0.2, 0.25) is 0 Å². The van der Waals surface area contributed by atoms with Gasteiger partial charge in [-0.15, -0.1) is 11.3 Å². The Hall–Kier alpha value is -3.97. The third kappa shape index (κ3) is 5.39. The molecular formula is C25H21N3O3S. The van der Waals surface area contributed by atoms with E-state index < -0.39 is 0 Å². The molecule has 0 aliphatic heterocycles. The van der Waals surface area contributed by atoms with Crippen LogP contribution in [0.25, 0.3) is 10.8 Å². The number of hydrazone groups is 1. The lowest BCUT2D eigenvalue weighted by atomic mass is 10.1. The predicted molar refractivity (Wildman–Crippen MR) is 129 cm³/mol. The van der Waals surface area contributed by atoms with Crippen molar-refractivity contribution in [3.63, 3.8) is 0 Å². The molecule has 0 saturated carbocycles. The van der Waals surface area contributed by atoms with Gasteiger partial charge in [0.1, 0.15) is 5.75 Å². The van der Waals surface area contributed by atoms with Crippen LogP contribution in [-0.4, -0.2) is 24.1 Å².